The monoisotopic (exact) mass is 509 g/mol. The fraction of sp³-hybridized carbons (Fsp3) is 0.100. The van der Waals surface area contributed by atoms with Gasteiger partial charge in [-0.3, -0.25) is 14.9 Å². The number of anilines is 2. The molecule has 0 spiro atoms. The van der Waals surface area contributed by atoms with Gasteiger partial charge in [-0.15, -0.1) is 0 Å². The summed E-state index contributed by atoms with van der Waals surface area (Å²) in [4.78, 5) is 25.3. The summed E-state index contributed by atoms with van der Waals surface area (Å²) >= 11 is 5.30. The Morgan fingerprint density at radius 1 is 0.730 bits per heavy atom. The van der Waals surface area contributed by atoms with Gasteiger partial charge in [-0.25, -0.2) is 0 Å². The number of rotatable bonds is 8. The Balaban J connectivity index is 1.27. The first kappa shape index (κ1) is 25.6. The average molecular weight is 510 g/mol. The molecule has 0 aliphatic heterocycles. The van der Waals surface area contributed by atoms with Crippen LogP contribution in [0.15, 0.2) is 103 Å². The molecular weight excluding hydrogens is 482 g/mol. The molecule has 4 rings (SSSR count). The first-order chi connectivity index (χ1) is 18.0. The van der Waals surface area contributed by atoms with E-state index in [1.54, 1.807) is 48.5 Å². The Kier molecular flexibility index (Phi) is 8.62. The van der Waals surface area contributed by atoms with Crippen LogP contribution < -0.4 is 20.7 Å². The van der Waals surface area contributed by atoms with Crippen LogP contribution in [0.2, 0.25) is 0 Å². The van der Waals surface area contributed by atoms with Crippen molar-refractivity contribution in [2.24, 2.45) is 0 Å². The van der Waals surface area contributed by atoms with E-state index in [0.29, 0.717) is 29.2 Å². The molecule has 0 fully saturated rings. The Labute approximate surface area is 221 Å². The molecule has 0 saturated heterocycles. The highest BCUT2D eigenvalue weighted by atomic mass is 32.1. The molecule has 37 heavy (non-hydrogen) atoms. The lowest BCUT2D eigenvalue weighted by atomic mass is 10.1. The summed E-state index contributed by atoms with van der Waals surface area (Å²) < 4.78 is 5.78. The van der Waals surface area contributed by atoms with Crippen LogP contribution in [0.4, 0.5) is 11.4 Å². The molecule has 186 valence electrons. The van der Waals surface area contributed by atoms with Crippen LogP contribution in [0.5, 0.6) is 5.75 Å². The molecule has 7 heteroatoms. The van der Waals surface area contributed by atoms with Crippen LogP contribution in [0.25, 0.3) is 0 Å². The van der Waals surface area contributed by atoms with E-state index in [-0.39, 0.29) is 16.9 Å². The number of nitrogens with one attached hydrogen (secondary N) is 3. The zero-order valence-corrected chi connectivity index (χ0v) is 21.2. The van der Waals surface area contributed by atoms with E-state index in [1.165, 1.54) is 5.56 Å². The van der Waals surface area contributed by atoms with E-state index >= 15 is 0 Å². The normalized spacial score (nSPS) is 10.3. The molecule has 0 aromatic heterocycles. The first-order valence-electron chi connectivity index (χ1n) is 11.8. The van der Waals surface area contributed by atoms with E-state index < -0.39 is 0 Å². The maximum atomic E-state index is 12.6. The second kappa shape index (κ2) is 12.5. The van der Waals surface area contributed by atoms with Crippen molar-refractivity contribution in [2.45, 2.75) is 13.3 Å². The number of carbonyl (C=O) groups excluding carboxylic acids is 2. The molecule has 0 aliphatic carbocycles. The molecule has 0 atom stereocenters. The van der Waals surface area contributed by atoms with Gasteiger partial charge in [-0.2, -0.15) is 0 Å². The second-order valence-corrected chi connectivity index (χ2v) is 8.83. The number of aryl methyl sites for hydroxylation is 1. The van der Waals surface area contributed by atoms with E-state index in [4.69, 9.17) is 17.0 Å². The van der Waals surface area contributed by atoms with Crippen LogP contribution in [0.3, 0.4) is 0 Å². The van der Waals surface area contributed by atoms with Crippen LogP contribution >= 0.6 is 12.2 Å². The van der Waals surface area contributed by atoms with Gasteiger partial charge in [-0.1, -0.05) is 48.5 Å². The minimum Gasteiger partial charge on any atom is -0.493 e. The van der Waals surface area contributed by atoms with Crippen molar-refractivity contribution in [1.29, 1.82) is 0 Å². The highest BCUT2D eigenvalue weighted by molar-refractivity contribution is 7.80. The fourth-order valence-corrected chi connectivity index (χ4v) is 3.85. The minimum atomic E-state index is -0.346. The van der Waals surface area contributed by atoms with Crippen LogP contribution in [0, 0.1) is 6.92 Å². The molecule has 4 aromatic carbocycles. The van der Waals surface area contributed by atoms with Crippen molar-refractivity contribution >= 4 is 40.5 Å². The number of thiocarbonyl (C=S) groups is 1. The third kappa shape index (κ3) is 7.75. The molecule has 2 amide bonds. The van der Waals surface area contributed by atoms with E-state index in [0.717, 1.165) is 17.7 Å². The van der Waals surface area contributed by atoms with Gasteiger partial charge in [0.15, 0.2) is 5.11 Å². The summed E-state index contributed by atoms with van der Waals surface area (Å²) in [6.07, 6.45) is 0.803. The van der Waals surface area contributed by atoms with E-state index in [2.05, 4.69) is 28.1 Å². The molecular formula is C30H27N3O3S. The molecule has 6 nitrogen and oxygen atoms in total. The third-order valence-corrected chi connectivity index (χ3v) is 5.71. The number of hydrogen-bond donors (Lipinski definition) is 3. The largest absolute Gasteiger partial charge is 0.493 e. The number of amides is 2. The van der Waals surface area contributed by atoms with Crippen LogP contribution in [-0.4, -0.2) is 23.5 Å². The Morgan fingerprint density at radius 2 is 1.43 bits per heavy atom. The maximum Gasteiger partial charge on any atom is 0.257 e. The Bertz CT molecular complexity index is 1390. The van der Waals surface area contributed by atoms with Crippen molar-refractivity contribution in [1.82, 2.24) is 5.32 Å². The number of benzene rings is 4. The van der Waals surface area contributed by atoms with Crippen LogP contribution in [0.1, 0.15) is 31.8 Å². The fourth-order valence-electron chi connectivity index (χ4n) is 3.64. The zero-order valence-electron chi connectivity index (χ0n) is 20.4. The third-order valence-electron chi connectivity index (χ3n) is 5.50. The summed E-state index contributed by atoms with van der Waals surface area (Å²) in [6.45, 7) is 2.51. The predicted molar refractivity (Wildman–Crippen MR) is 151 cm³/mol. The standard InChI is InChI=1S/C30H27N3O3S/c1-21-7-5-11-25(19-21)31-29(35)24-10-6-12-26(20-24)32-30(37)33-28(34)23-13-15-27(16-14-23)36-18-17-22-8-3-2-4-9-22/h2-16,19-20H,17-18H2,1H3,(H,31,35)(H2,32,33,34,37). The topological polar surface area (TPSA) is 79.5 Å². The second-order valence-electron chi connectivity index (χ2n) is 8.42. The number of carbonyl (C=O) groups is 2. The zero-order chi connectivity index (χ0) is 26.0. The smallest absolute Gasteiger partial charge is 0.257 e. The quantitative estimate of drug-likeness (QED) is 0.254. The summed E-state index contributed by atoms with van der Waals surface area (Å²) in [5.74, 6) is 0.103. The average Bonchev–Trinajstić information content (AvgIpc) is 2.90. The molecule has 0 heterocycles. The van der Waals surface area contributed by atoms with Crippen molar-refractivity contribution in [3.63, 3.8) is 0 Å². The molecule has 4 aromatic rings. The summed E-state index contributed by atoms with van der Waals surface area (Å²) in [5, 5.41) is 8.63. The van der Waals surface area contributed by atoms with Gasteiger partial charge in [0.2, 0.25) is 0 Å². The van der Waals surface area contributed by atoms with E-state index in [1.807, 2.05) is 49.4 Å². The molecule has 0 unspecified atom stereocenters. The van der Waals surface area contributed by atoms with Crippen molar-refractivity contribution in [3.8, 4) is 5.75 Å². The number of ether oxygens (including phenoxy) is 1. The van der Waals surface area contributed by atoms with Crippen LogP contribution in [-0.2, 0) is 6.42 Å². The van der Waals surface area contributed by atoms with E-state index in [9.17, 15) is 9.59 Å². The molecule has 0 aliphatic rings. The highest BCUT2D eigenvalue weighted by Gasteiger charge is 2.11. The van der Waals surface area contributed by atoms with Gasteiger partial charge in [0, 0.05) is 28.9 Å². The maximum absolute atomic E-state index is 12.6. The number of hydrogen-bond acceptors (Lipinski definition) is 4. The minimum absolute atomic E-state index is 0.129. The van der Waals surface area contributed by atoms with Gasteiger partial charge >= 0.3 is 0 Å². The summed E-state index contributed by atoms with van der Waals surface area (Å²) in [6, 6.07) is 31.5. The van der Waals surface area contributed by atoms with Gasteiger partial charge < -0.3 is 15.4 Å². The molecule has 3 N–H and O–H groups in total. The van der Waals surface area contributed by atoms with Gasteiger partial charge in [0.1, 0.15) is 5.75 Å². The highest BCUT2D eigenvalue weighted by Crippen LogP contribution is 2.16. The van der Waals surface area contributed by atoms with Gasteiger partial charge in [0.05, 0.1) is 6.61 Å². The SMILES string of the molecule is Cc1cccc(NC(=O)c2cccc(NC(=S)NC(=O)c3ccc(OCCc4ccccc4)cc3)c2)c1. The lowest BCUT2D eigenvalue weighted by Crippen LogP contribution is -2.34. The Morgan fingerprint density at radius 3 is 2.16 bits per heavy atom. The summed E-state index contributed by atoms with van der Waals surface area (Å²) in [7, 11) is 0. The lowest BCUT2D eigenvalue weighted by Gasteiger charge is -2.12. The van der Waals surface area contributed by atoms with Crippen molar-refractivity contribution < 1.29 is 14.3 Å². The first-order valence-corrected chi connectivity index (χ1v) is 12.2. The molecule has 0 radical (unpaired) electrons. The predicted octanol–water partition coefficient (Wildman–Crippen LogP) is 6.00. The molecule has 0 saturated carbocycles. The van der Waals surface area contributed by atoms with Crippen molar-refractivity contribution in [2.75, 3.05) is 17.2 Å². The van der Waals surface area contributed by atoms with Gasteiger partial charge in [-0.05, 0) is 84.9 Å². The Hall–Kier alpha value is -4.49. The lowest BCUT2D eigenvalue weighted by molar-refractivity contribution is 0.0976. The van der Waals surface area contributed by atoms with Crippen molar-refractivity contribution in [3.05, 3.63) is 125 Å². The molecule has 0 bridgehead atoms. The summed E-state index contributed by atoms with van der Waals surface area (Å²) in [5.41, 5.74) is 4.48. The van der Waals surface area contributed by atoms with Gasteiger partial charge in [0.25, 0.3) is 11.8 Å².